The zero-order valence-electron chi connectivity index (χ0n) is 12.8. The molecule has 0 aliphatic rings. The number of ether oxygens (including phenoxy) is 2. The maximum atomic E-state index is 11.6. The highest BCUT2D eigenvalue weighted by Crippen LogP contribution is 2.22. The van der Waals surface area contributed by atoms with Crippen LogP contribution in [0.4, 0.5) is 4.79 Å². The largest absolute Gasteiger partial charge is 0.464 e. The molecule has 0 saturated carbocycles. The minimum atomic E-state index is -0.647. The van der Waals surface area contributed by atoms with Gasteiger partial charge in [0, 0.05) is 0 Å². The molecule has 0 heterocycles. The van der Waals surface area contributed by atoms with Crippen LogP contribution in [0.3, 0.4) is 0 Å². The van der Waals surface area contributed by atoms with E-state index >= 15 is 0 Å². The lowest BCUT2D eigenvalue weighted by molar-refractivity contribution is -0.136. The van der Waals surface area contributed by atoms with E-state index in [9.17, 15) is 9.59 Å². The number of carbonyl (C=O) groups is 2. The van der Waals surface area contributed by atoms with Crippen molar-refractivity contribution in [1.82, 2.24) is 5.32 Å². The molecule has 0 aliphatic carbocycles. The molecule has 114 valence electrons. The Labute approximate surface area is 121 Å². The van der Waals surface area contributed by atoms with Gasteiger partial charge in [-0.15, -0.1) is 6.58 Å². The summed E-state index contributed by atoms with van der Waals surface area (Å²) >= 11 is 0. The summed E-state index contributed by atoms with van der Waals surface area (Å²) in [5, 5.41) is 2.41. The van der Waals surface area contributed by atoms with E-state index < -0.39 is 12.1 Å². The molecule has 0 spiro atoms. The minimum absolute atomic E-state index is 0.0870. The molecule has 0 aliphatic heterocycles. The maximum absolute atomic E-state index is 11.6. The van der Waals surface area contributed by atoms with Gasteiger partial charge in [-0.25, -0.2) is 9.59 Å². The zero-order valence-corrected chi connectivity index (χ0v) is 12.8. The molecule has 1 N–H and O–H groups in total. The van der Waals surface area contributed by atoms with Crippen LogP contribution in [-0.2, 0) is 14.3 Å². The molecule has 0 atom stereocenters. The standard InChI is InChI=1S/C15H25NO4/c1-6-8-11-20-14(18)16-12(13(17)19-5)9-10-15(3,4)7-2/h7,9H,2,6,8,10-11H2,1,3-5H3,(H,16,18)/b12-9-. The van der Waals surface area contributed by atoms with E-state index in [-0.39, 0.29) is 11.1 Å². The molecule has 0 radical (unpaired) electrons. The van der Waals surface area contributed by atoms with Crippen molar-refractivity contribution in [2.45, 2.75) is 40.0 Å². The highest BCUT2D eigenvalue weighted by Gasteiger charge is 2.17. The van der Waals surface area contributed by atoms with Crippen molar-refractivity contribution in [3.8, 4) is 0 Å². The Morgan fingerprint density at radius 3 is 2.50 bits per heavy atom. The number of hydrogen-bond acceptors (Lipinski definition) is 4. The predicted molar refractivity (Wildman–Crippen MR) is 78.1 cm³/mol. The number of hydrogen-bond donors (Lipinski definition) is 1. The summed E-state index contributed by atoms with van der Waals surface area (Å²) in [7, 11) is 1.26. The van der Waals surface area contributed by atoms with Crippen LogP contribution in [0.15, 0.2) is 24.4 Å². The number of carbonyl (C=O) groups excluding carboxylic acids is 2. The highest BCUT2D eigenvalue weighted by atomic mass is 16.6. The zero-order chi connectivity index (χ0) is 15.6. The van der Waals surface area contributed by atoms with Crippen LogP contribution in [0.2, 0.25) is 0 Å². The Balaban J connectivity index is 4.65. The van der Waals surface area contributed by atoms with E-state index in [2.05, 4.69) is 16.6 Å². The summed E-state index contributed by atoms with van der Waals surface area (Å²) in [4.78, 5) is 23.1. The molecule has 0 saturated heterocycles. The number of amides is 1. The predicted octanol–water partition coefficient (Wildman–Crippen LogP) is 3.17. The van der Waals surface area contributed by atoms with Crippen molar-refractivity contribution >= 4 is 12.1 Å². The number of rotatable bonds is 8. The molecular weight excluding hydrogens is 258 g/mol. The summed E-state index contributed by atoms with van der Waals surface area (Å²) in [5.41, 5.74) is -0.0866. The quantitative estimate of drug-likeness (QED) is 0.321. The molecule has 20 heavy (non-hydrogen) atoms. The normalized spacial score (nSPS) is 11.7. The molecule has 0 aromatic heterocycles. The number of allylic oxidation sites excluding steroid dienone is 2. The number of nitrogens with one attached hydrogen (secondary N) is 1. The Kier molecular flexibility index (Phi) is 8.36. The Hall–Kier alpha value is -1.78. The van der Waals surface area contributed by atoms with Crippen LogP contribution < -0.4 is 5.32 Å². The van der Waals surface area contributed by atoms with Crippen molar-refractivity contribution in [2.24, 2.45) is 5.41 Å². The van der Waals surface area contributed by atoms with Gasteiger partial charge in [0.25, 0.3) is 0 Å². The molecule has 0 unspecified atom stereocenters. The minimum Gasteiger partial charge on any atom is -0.464 e. The third-order valence-electron chi connectivity index (χ3n) is 2.76. The summed E-state index contributed by atoms with van der Waals surface area (Å²) in [6.45, 7) is 10.0. The van der Waals surface area contributed by atoms with E-state index in [1.165, 1.54) is 7.11 Å². The van der Waals surface area contributed by atoms with Crippen molar-refractivity contribution in [1.29, 1.82) is 0 Å². The smallest absolute Gasteiger partial charge is 0.411 e. The fourth-order valence-electron chi connectivity index (χ4n) is 1.20. The van der Waals surface area contributed by atoms with Crippen LogP contribution in [0.1, 0.15) is 40.0 Å². The summed E-state index contributed by atoms with van der Waals surface area (Å²) < 4.78 is 9.58. The number of methoxy groups -OCH3 is 1. The fraction of sp³-hybridized carbons (Fsp3) is 0.600. The maximum Gasteiger partial charge on any atom is 0.411 e. The van der Waals surface area contributed by atoms with Gasteiger partial charge in [0.05, 0.1) is 13.7 Å². The molecule has 1 amide bonds. The lowest BCUT2D eigenvalue weighted by Crippen LogP contribution is -2.29. The number of alkyl carbamates (subject to hydrolysis) is 1. The summed E-state index contributed by atoms with van der Waals surface area (Å²) in [6, 6.07) is 0. The number of esters is 1. The molecule has 5 nitrogen and oxygen atoms in total. The van der Waals surface area contributed by atoms with Crippen LogP contribution >= 0.6 is 0 Å². The van der Waals surface area contributed by atoms with Crippen molar-refractivity contribution in [2.75, 3.05) is 13.7 Å². The molecule has 0 aromatic carbocycles. The third kappa shape index (κ3) is 7.61. The Bertz CT molecular complexity index is 372. The van der Waals surface area contributed by atoms with Gasteiger partial charge in [-0.2, -0.15) is 0 Å². The van der Waals surface area contributed by atoms with E-state index in [4.69, 9.17) is 4.74 Å². The van der Waals surface area contributed by atoms with E-state index in [0.717, 1.165) is 12.8 Å². The monoisotopic (exact) mass is 283 g/mol. The van der Waals surface area contributed by atoms with Crippen LogP contribution in [0, 0.1) is 5.41 Å². The Morgan fingerprint density at radius 1 is 1.35 bits per heavy atom. The van der Waals surface area contributed by atoms with Gasteiger partial charge in [0.1, 0.15) is 5.70 Å². The molecule has 0 rings (SSSR count). The van der Waals surface area contributed by atoms with Crippen LogP contribution in [0.5, 0.6) is 0 Å². The van der Waals surface area contributed by atoms with Crippen molar-refractivity contribution < 1.29 is 19.1 Å². The second kappa shape index (κ2) is 9.18. The van der Waals surface area contributed by atoms with E-state index in [0.29, 0.717) is 13.0 Å². The van der Waals surface area contributed by atoms with Gasteiger partial charge in [-0.05, 0) is 18.3 Å². The molecular formula is C15H25NO4. The second-order valence-corrected chi connectivity index (χ2v) is 5.12. The van der Waals surface area contributed by atoms with E-state index in [1.807, 2.05) is 20.8 Å². The van der Waals surface area contributed by atoms with Crippen molar-refractivity contribution in [3.63, 3.8) is 0 Å². The topological polar surface area (TPSA) is 64.6 Å². The second-order valence-electron chi connectivity index (χ2n) is 5.12. The van der Waals surface area contributed by atoms with Gasteiger partial charge in [-0.1, -0.05) is 39.3 Å². The lowest BCUT2D eigenvalue weighted by atomic mass is 9.89. The number of unbranched alkanes of at least 4 members (excludes halogenated alkanes) is 1. The summed E-state index contributed by atoms with van der Waals surface area (Å²) in [5.74, 6) is -0.600. The average molecular weight is 283 g/mol. The van der Waals surface area contributed by atoms with Crippen molar-refractivity contribution in [3.05, 3.63) is 24.4 Å². The summed E-state index contributed by atoms with van der Waals surface area (Å²) in [6.07, 6.45) is 5.03. The van der Waals surface area contributed by atoms with Gasteiger partial charge in [0.2, 0.25) is 0 Å². The first-order chi connectivity index (χ1) is 9.36. The van der Waals surface area contributed by atoms with Crippen LogP contribution in [0.25, 0.3) is 0 Å². The SMILES string of the molecule is C=CC(C)(C)C/C=C(\NC(=O)OCCCC)C(=O)OC. The first-order valence-electron chi connectivity index (χ1n) is 6.72. The van der Waals surface area contributed by atoms with Crippen LogP contribution in [-0.4, -0.2) is 25.8 Å². The first-order valence-corrected chi connectivity index (χ1v) is 6.72. The van der Waals surface area contributed by atoms with E-state index in [1.54, 1.807) is 12.2 Å². The van der Waals surface area contributed by atoms with Gasteiger partial charge >= 0.3 is 12.1 Å². The molecule has 5 heteroatoms. The lowest BCUT2D eigenvalue weighted by Gasteiger charge is -2.17. The Morgan fingerprint density at radius 2 is 2.00 bits per heavy atom. The molecule has 0 fully saturated rings. The third-order valence-corrected chi connectivity index (χ3v) is 2.76. The first kappa shape index (κ1) is 18.2. The average Bonchev–Trinajstić information content (AvgIpc) is 2.42. The van der Waals surface area contributed by atoms with Gasteiger partial charge in [-0.3, -0.25) is 5.32 Å². The fourth-order valence-corrected chi connectivity index (χ4v) is 1.20. The van der Waals surface area contributed by atoms with Gasteiger partial charge in [0.15, 0.2) is 0 Å². The molecule has 0 aromatic rings. The molecule has 0 bridgehead atoms. The highest BCUT2D eigenvalue weighted by molar-refractivity contribution is 5.92. The van der Waals surface area contributed by atoms with Gasteiger partial charge < -0.3 is 9.47 Å².